The molecule has 1 heterocycles. The van der Waals surface area contributed by atoms with E-state index in [9.17, 15) is 0 Å². The second kappa shape index (κ2) is 4.31. The second-order valence-electron chi connectivity index (χ2n) is 5.19. The lowest BCUT2D eigenvalue weighted by atomic mass is 9.75. The third-order valence-electron chi connectivity index (χ3n) is 3.16. The molecule has 1 N–H and O–H groups in total. The van der Waals surface area contributed by atoms with E-state index < -0.39 is 0 Å². The lowest BCUT2D eigenvalue weighted by Gasteiger charge is -2.35. The number of hydrogen-bond acceptors (Lipinski definition) is 4. The van der Waals surface area contributed by atoms with Crippen molar-refractivity contribution in [2.24, 2.45) is 5.41 Å². The lowest BCUT2D eigenvalue weighted by Crippen LogP contribution is -2.37. The zero-order valence-corrected chi connectivity index (χ0v) is 9.49. The van der Waals surface area contributed by atoms with Crippen LogP contribution in [0.4, 0.5) is 0 Å². The summed E-state index contributed by atoms with van der Waals surface area (Å²) in [4.78, 5) is 4.00. The summed E-state index contributed by atoms with van der Waals surface area (Å²) in [5, 5.41) is 7.28. The van der Waals surface area contributed by atoms with Crippen LogP contribution in [0.3, 0.4) is 0 Å². The molecule has 0 bridgehead atoms. The molecular weight excluding hydrogens is 190 g/mol. The van der Waals surface area contributed by atoms with Crippen LogP contribution in [0.1, 0.15) is 45.4 Å². The maximum Gasteiger partial charge on any atom is 0.213 e. The van der Waals surface area contributed by atoms with Crippen molar-refractivity contribution in [1.82, 2.24) is 15.5 Å². The van der Waals surface area contributed by atoms with E-state index in [0.29, 0.717) is 11.5 Å². The Morgan fingerprint density at radius 2 is 2.47 bits per heavy atom. The Morgan fingerprint density at radius 3 is 3.13 bits per heavy atom. The Kier molecular flexibility index (Phi) is 3.05. The lowest BCUT2D eigenvalue weighted by molar-refractivity contribution is 0.197. The number of nitrogens with zero attached hydrogens (tertiary/aromatic N) is 2. The van der Waals surface area contributed by atoms with Crippen molar-refractivity contribution in [2.75, 3.05) is 0 Å². The molecule has 1 unspecified atom stereocenters. The van der Waals surface area contributed by atoms with Crippen LogP contribution in [-0.4, -0.2) is 16.2 Å². The molecule has 0 radical (unpaired) electrons. The quantitative estimate of drug-likeness (QED) is 0.828. The zero-order chi connectivity index (χ0) is 10.7. The predicted octanol–water partition coefficient (Wildman–Crippen LogP) is 2.13. The number of nitrogens with one attached hydrogen (secondary N) is 1. The molecule has 0 amide bonds. The summed E-state index contributed by atoms with van der Waals surface area (Å²) in [6, 6.07) is 0.604. The average molecular weight is 209 g/mol. The topological polar surface area (TPSA) is 51.0 Å². The highest BCUT2D eigenvalue weighted by Crippen LogP contribution is 2.35. The normalized spacial score (nSPS) is 25.3. The summed E-state index contributed by atoms with van der Waals surface area (Å²) in [6.07, 6.45) is 6.54. The molecule has 84 valence electrons. The summed E-state index contributed by atoms with van der Waals surface area (Å²) in [6.45, 7) is 5.40. The summed E-state index contributed by atoms with van der Waals surface area (Å²) in [5.41, 5.74) is 0.479. The minimum absolute atomic E-state index is 0.479. The van der Waals surface area contributed by atoms with E-state index in [4.69, 9.17) is 4.52 Å². The van der Waals surface area contributed by atoms with Crippen molar-refractivity contribution in [3.63, 3.8) is 0 Å². The van der Waals surface area contributed by atoms with Crippen molar-refractivity contribution in [3.05, 3.63) is 12.2 Å². The van der Waals surface area contributed by atoms with E-state index in [-0.39, 0.29) is 0 Å². The number of hydrogen-bond donors (Lipinski definition) is 1. The monoisotopic (exact) mass is 209 g/mol. The molecule has 4 nitrogen and oxygen atoms in total. The van der Waals surface area contributed by atoms with Crippen molar-refractivity contribution in [1.29, 1.82) is 0 Å². The number of aromatic nitrogens is 2. The molecule has 0 saturated heterocycles. The summed E-state index contributed by atoms with van der Waals surface area (Å²) >= 11 is 0. The maximum absolute atomic E-state index is 4.69. The fourth-order valence-electron chi connectivity index (χ4n) is 2.38. The van der Waals surface area contributed by atoms with Gasteiger partial charge in [0.2, 0.25) is 6.39 Å². The van der Waals surface area contributed by atoms with Crippen LogP contribution in [0.25, 0.3) is 0 Å². The van der Waals surface area contributed by atoms with Crippen LogP contribution in [0.5, 0.6) is 0 Å². The first-order valence-corrected chi connectivity index (χ1v) is 5.64. The van der Waals surface area contributed by atoms with Gasteiger partial charge in [0.15, 0.2) is 5.82 Å². The molecule has 1 aliphatic rings. The zero-order valence-electron chi connectivity index (χ0n) is 9.49. The molecule has 1 aliphatic carbocycles. The van der Waals surface area contributed by atoms with Crippen LogP contribution < -0.4 is 5.32 Å². The first kappa shape index (κ1) is 10.6. The molecule has 1 aromatic heterocycles. The van der Waals surface area contributed by atoms with Crippen LogP contribution >= 0.6 is 0 Å². The first-order valence-electron chi connectivity index (χ1n) is 5.64. The molecule has 1 saturated carbocycles. The van der Waals surface area contributed by atoms with Gasteiger partial charge in [0, 0.05) is 6.04 Å². The largest absolute Gasteiger partial charge is 0.343 e. The van der Waals surface area contributed by atoms with Gasteiger partial charge in [-0.1, -0.05) is 25.4 Å². The van der Waals surface area contributed by atoms with Crippen LogP contribution in [0.15, 0.2) is 10.9 Å². The van der Waals surface area contributed by atoms with E-state index >= 15 is 0 Å². The van der Waals surface area contributed by atoms with Crippen molar-refractivity contribution < 1.29 is 4.52 Å². The molecular formula is C11H19N3O. The standard InChI is InChI=1S/C11H19N3O/c1-11(2)5-3-4-9(6-11)12-7-10-13-8-15-14-10/h8-9,12H,3-7H2,1-2H3. The van der Waals surface area contributed by atoms with Crippen molar-refractivity contribution >= 4 is 0 Å². The minimum atomic E-state index is 0.479. The Bertz CT molecular complexity index is 295. The molecule has 1 atom stereocenters. The molecule has 1 fully saturated rings. The number of rotatable bonds is 3. The highest BCUT2D eigenvalue weighted by atomic mass is 16.5. The van der Waals surface area contributed by atoms with Crippen molar-refractivity contribution in [2.45, 2.75) is 52.1 Å². The van der Waals surface area contributed by atoms with Gasteiger partial charge in [0.05, 0.1) is 6.54 Å². The fraction of sp³-hybridized carbons (Fsp3) is 0.818. The van der Waals surface area contributed by atoms with Crippen LogP contribution in [0, 0.1) is 5.41 Å². The highest BCUT2D eigenvalue weighted by molar-refractivity contribution is 4.85. The van der Waals surface area contributed by atoms with Crippen LogP contribution in [-0.2, 0) is 6.54 Å². The predicted molar refractivity (Wildman–Crippen MR) is 57.2 cm³/mol. The molecule has 4 heteroatoms. The van der Waals surface area contributed by atoms with E-state index in [2.05, 4.69) is 29.3 Å². The third kappa shape index (κ3) is 3.02. The molecule has 15 heavy (non-hydrogen) atoms. The van der Waals surface area contributed by atoms with Crippen molar-refractivity contribution in [3.8, 4) is 0 Å². The first-order chi connectivity index (χ1) is 7.16. The summed E-state index contributed by atoms with van der Waals surface area (Å²) in [7, 11) is 0. The van der Waals surface area contributed by atoms with E-state index in [0.717, 1.165) is 12.4 Å². The molecule has 2 rings (SSSR count). The van der Waals surface area contributed by atoms with Gasteiger partial charge in [0.25, 0.3) is 0 Å². The van der Waals surface area contributed by atoms with Gasteiger partial charge >= 0.3 is 0 Å². The molecule has 1 aromatic rings. The molecule has 0 aromatic carbocycles. The van der Waals surface area contributed by atoms with Gasteiger partial charge in [-0.3, -0.25) is 0 Å². The SMILES string of the molecule is CC1(C)CCCC(NCc2ncon2)C1. The van der Waals surface area contributed by atoms with Gasteiger partial charge in [-0.25, -0.2) is 0 Å². The van der Waals surface area contributed by atoms with E-state index in [1.807, 2.05) is 0 Å². The Morgan fingerprint density at radius 1 is 1.60 bits per heavy atom. The van der Waals surface area contributed by atoms with E-state index in [1.54, 1.807) is 0 Å². The molecule has 0 aliphatic heterocycles. The van der Waals surface area contributed by atoms with Gasteiger partial charge in [-0.15, -0.1) is 0 Å². The van der Waals surface area contributed by atoms with Gasteiger partial charge in [-0.05, 0) is 24.7 Å². The van der Waals surface area contributed by atoms with Crippen LogP contribution in [0.2, 0.25) is 0 Å². The highest BCUT2D eigenvalue weighted by Gasteiger charge is 2.27. The Labute approximate surface area is 90.4 Å². The van der Waals surface area contributed by atoms with Gasteiger partial charge in [0.1, 0.15) is 0 Å². The van der Waals surface area contributed by atoms with Gasteiger partial charge < -0.3 is 9.84 Å². The van der Waals surface area contributed by atoms with E-state index in [1.165, 1.54) is 32.1 Å². The second-order valence-corrected chi connectivity index (χ2v) is 5.19. The fourth-order valence-corrected chi connectivity index (χ4v) is 2.38. The van der Waals surface area contributed by atoms with Gasteiger partial charge in [-0.2, -0.15) is 4.98 Å². The Balaban J connectivity index is 1.80. The third-order valence-corrected chi connectivity index (χ3v) is 3.16. The minimum Gasteiger partial charge on any atom is -0.343 e. The molecule has 0 spiro atoms. The Hall–Kier alpha value is -0.900. The summed E-state index contributed by atoms with van der Waals surface area (Å²) < 4.78 is 4.69. The maximum atomic E-state index is 4.69. The average Bonchev–Trinajstić information content (AvgIpc) is 2.65. The smallest absolute Gasteiger partial charge is 0.213 e. The summed E-state index contributed by atoms with van der Waals surface area (Å²) in [5.74, 6) is 0.748.